The quantitative estimate of drug-likeness (QED) is 0.855. The number of rotatable bonds is 2. The molecule has 4 nitrogen and oxygen atoms in total. The van der Waals surface area contributed by atoms with Crippen molar-refractivity contribution in [1.29, 1.82) is 0 Å². The number of carboxylic acid groups (broad SMARTS) is 1. The highest BCUT2D eigenvalue weighted by Gasteiger charge is 2.24. The van der Waals surface area contributed by atoms with E-state index in [1.807, 2.05) is 12.1 Å². The minimum atomic E-state index is -0.749. The summed E-state index contributed by atoms with van der Waals surface area (Å²) in [6.45, 7) is 0.930. The zero-order chi connectivity index (χ0) is 12.7. The van der Waals surface area contributed by atoms with Crippen LogP contribution in [0.4, 0.5) is 0 Å². The second-order valence-electron chi connectivity index (χ2n) is 4.90. The Morgan fingerprint density at radius 1 is 1.39 bits per heavy atom. The highest BCUT2D eigenvalue weighted by molar-refractivity contribution is 5.83. The molecule has 1 atom stereocenters. The third-order valence-electron chi connectivity index (χ3n) is 3.69. The van der Waals surface area contributed by atoms with Crippen molar-refractivity contribution >= 4 is 16.9 Å². The van der Waals surface area contributed by atoms with Crippen molar-refractivity contribution in [3.63, 3.8) is 0 Å². The number of aromatic nitrogens is 1. The van der Waals surface area contributed by atoms with Crippen LogP contribution in [0.25, 0.3) is 10.9 Å². The maximum Gasteiger partial charge on any atom is 0.304 e. The predicted octanol–water partition coefficient (Wildman–Crippen LogP) is 2.70. The average Bonchev–Trinajstić information content (AvgIpc) is 2.67. The molecule has 0 radical (unpaired) electrons. The molecule has 0 aliphatic carbocycles. The first-order chi connectivity index (χ1) is 8.65. The SMILES string of the molecule is O=C(O)CC1CCCn2c1cc1cc(O)ccc12. The van der Waals surface area contributed by atoms with Crippen molar-refractivity contribution in [3.8, 4) is 5.75 Å². The summed E-state index contributed by atoms with van der Waals surface area (Å²) in [6, 6.07) is 7.33. The monoisotopic (exact) mass is 245 g/mol. The standard InChI is InChI=1S/C14H15NO3/c16-11-3-4-12-10(6-11)7-13-9(8-14(17)18)2-1-5-15(12)13/h3-4,6-7,9,16H,1-2,5,8H2,(H,17,18). The molecule has 0 fully saturated rings. The number of carbonyl (C=O) groups is 1. The van der Waals surface area contributed by atoms with Crippen molar-refractivity contribution in [2.45, 2.75) is 31.7 Å². The number of carboxylic acids is 1. The van der Waals surface area contributed by atoms with E-state index in [1.54, 1.807) is 12.1 Å². The predicted molar refractivity (Wildman–Crippen MR) is 67.8 cm³/mol. The molecule has 1 aliphatic heterocycles. The fourth-order valence-electron chi connectivity index (χ4n) is 2.93. The molecule has 2 N–H and O–H groups in total. The van der Waals surface area contributed by atoms with E-state index in [0.717, 1.165) is 36.0 Å². The first kappa shape index (κ1) is 11.1. The number of phenols is 1. The molecule has 1 aromatic heterocycles. The van der Waals surface area contributed by atoms with Crippen molar-refractivity contribution in [3.05, 3.63) is 30.0 Å². The van der Waals surface area contributed by atoms with Gasteiger partial charge in [-0.05, 0) is 37.1 Å². The Morgan fingerprint density at radius 2 is 2.22 bits per heavy atom. The molecule has 0 bridgehead atoms. The zero-order valence-electron chi connectivity index (χ0n) is 9.97. The van der Waals surface area contributed by atoms with Gasteiger partial charge in [-0.3, -0.25) is 4.79 Å². The van der Waals surface area contributed by atoms with Crippen LogP contribution < -0.4 is 0 Å². The van der Waals surface area contributed by atoms with Crippen LogP contribution in [0, 0.1) is 0 Å². The molecule has 0 saturated carbocycles. The van der Waals surface area contributed by atoms with Crippen LogP contribution in [0.15, 0.2) is 24.3 Å². The average molecular weight is 245 g/mol. The lowest BCUT2D eigenvalue weighted by molar-refractivity contribution is -0.137. The van der Waals surface area contributed by atoms with Gasteiger partial charge >= 0.3 is 5.97 Å². The molecule has 94 valence electrons. The van der Waals surface area contributed by atoms with Gasteiger partial charge in [0.05, 0.1) is 6.42 Å². The molecule has 1 aliphatic rings. The Hall–Kier alpha value is -1.97. The van der Waals surface area contributed by atoms with Crippen LogP contribution in [0.2, 0.25) is 0 Å². The van der Waals surface area contributed by atoms with Crippen LogP contribution in [-0.4, -0.2) is 20.7 Å². The Labute approximate surface area is 104 Å². The molecular weight excluding hydrogens is 230 g/mol. The van der Waals surface area contributed by atoms with Gasteiger partial charge < -0.3 is 14.8 Å². The Morgan fingerprint density at radius 3 is 3.00 bits per heavy atom. The van der Waals surface area contributed by atoms with Gasteiger partial charge in [0.25, 0.3) is 0 Å². The van der Waals surface area contributed by atoms with Gasteiger partial charge in [-0.1, -0.05) is 0 Å². The van der Waals surface area contributed by atoms with Crippen molar-refractivity contribution < 1.29 is 15.0 Å². The minimum Gasteiger partial charge on any atom is -0.508 e. The summed E-state index contributed by atoms with van der Waals surface area (Å²) < 4.78 is 2.19. The summed E-state index contributed by atoms with van der Waals surface area (Å²) in [5, 5.41) is 19.4. The molecule has 0 amide bonds. The summed E-state index contributed by atoms with van der Waals surface area (Å²) in [4.78, 5) is 10.9. The highest BCUT2D eigenvalue weighted by atomic mass is 16.4. The number of aliphatic carboxylic acids is 1. The first-order valence-corrected chi connectivity index (χ1v) is 6.19. The Bertz CT molecular complexity index is 615. The van der Waals surface area contributed by atoms with E-state index in [0.29, 0.717) is 0 Å². The van der Waals surface area contributed by atoms with Crippen molar-refractivity contribution in [2.75, 3.05) is 0 Å². The van der Waals surface area contributed by atoms with E-state index in [9.17, 15) is 9.90 Å². The maximum absolute atomic E-state index is 10.9. The Balaban J connectivity index is 2.12. The largest absolute Gasteiger partial charge is 0.508 e. The number of benzene rings is 1. The topological polar surface area (TPSA) is 62.5 Å². The molecule has 4 heteroatoms. The van der Waals surface area contributed by atoms with E-state index in [4.69, 9.17) is 5.11 Å². The third-order valence-corrected chi connectivity index (χ3v) is 3.69. The van der Waals surface area contributed by atoms with Gasteiger partial charge in [-0.15, -0.1) is 0 Å². The second kappa shape index (κ2) is 4.05. The molecule has 1 aromatic carbocycles. The van der Waals surface area contributed by atoms with Crippen LogP contribution in [-0.2, 0) is 11.3 Å². The number of aromatic hydroxyl groups is 1. The lowest BCUT2D eigenvalue weighted by Gasteiger charge is -2.24. The number of fused-ring (bicyclic) bond motifs is 3. The lowest BCUT2D eigenvalue weighted by Crippen LogP contribution is -2.17. The number of nitrogens with zero attached hydrogens (tertiary/aromatic N) is 1. The van der Waals surface area contributed by atoms with Crippen molar-refractivity contribution in [2.24, 2.45) is 0 Å². The van der Waals surface area contributed by atoms with E-state index < -0.39 is 5.97 Å². The van der Waals surface area contributed by atoms with E-state index >= 15 is 0 Å². The first-order valence-electron chi connectivity index (χ1n) is 6.19. The van der Waals surface area contributed by atoms with Crippen LogP contribution >= 0.6 is 0 Å². The molecule has 0 spiro atoms. The molecule has 3 rings (SSSR count). The molecule has 2 heterocycles. The van der Waals surface area contributed by atoms with E-state index in [2.05, 4.69) is 4.57 Å². The van der Waals surface area contributed by atoms with Crippen LogP contribution in [0.3, 0.4) is 0 Å². The smallest absolute Gasteiger partial charge is 0.304 e. The van der Waals surface area contributed by atoms with Gasteiger partial charge in [0.2, 0.25) is 0 Å². The molecular formula is C14H15NO3. The minimum absolute atomic E-state index is 0.0887. The number of hydrogen-bond donors (Lipinski definition) is 2. The number of hydrogen-bond acceptors (Lipinski definition) is 2. The summed E-state index contributed by atoms with van der Waals surface area (Å²) >= 11 is 0. The van der Waals surface area contributed by atoms with E-state index in [-0.39, 0.29) is 18.1 Å². The lowest BCUT2D eigenvalue weighted by atomic mass is 9.93. The van der Waals surface area contributed by atoms with Crippen LogP contribution in [0.1, 0.15) is 30.9 Å². The van der Waals surface area contributed by atoms with Gasteiger partial charge in [0, 0.05) is 29.1 Å². The molecule has 18 heavy (non-hydrogen) atoms. The zero-order valence-corrected chi connectivity index (χ0v) is 9.97. The third kappa shape index (κ3) is 1.74. The Kier molecular flexibility index (Phi) is 2.51. The summed E-state index contributed by atoms with van der Waals surface area (Å²) in [6.07, 6.45) is 2.12. The van der Waals surface area contributed by atoms with Gasteiger partial charge in [-0.25, -0.2) is 0 Å². The number of aryl methyl sites for hydroxylation is 1. The summed E-state index contributed by atoms with van der Waals surface area (Å²) in [5.74, 6) is -0.410. The fourth-order valence-corrected chi connectivity index (χ4v) is 2.93. The van der Waals surface area contributed by atoms with Gasteiger partial charge in [0.15, 0.2) is 0 Å². The van der Waals surface area contributed by atoms with Gasteiger partial charge in [-0.2, -0.15) is 0 Å². The highest BCUT2D eigenvalue weighted by Crippen LogP contribution is 2.35. The molecule has 2 aromatic rings. The normalized spacial score (nSPS) is 18.8. The maximum atomic E-state index is 10.9. The second-order valence-corrected chi connectivity index (χ2v) is 4.90. The van der Waals surface area contributed by atoms with E-state index in [1.165, 1.54) is 0 Å². The molecule has 0 saturated heterocycles. The van der Waals surface area contributed by atoms with Gasteiger partial charge in [0.1, 0.15) is 5.75 Å². The fraction of sp³-hybridized carbons (Fsp3) is 0.357. The summed E-state index contributed by atoms with van der Waals surface area (Å²) in [7, 11) is 0. The van der Waals surface area contributed by atoms with Crippen molar-refractivity contribution in [1.82, 2.24) is 4.57 Å². The number of phenolic OH excluding ortho intramolecular Hbond substituents is 1. The summed E-state index contributed by atoms with van der Waals surface area (Å²) in [5.41, 5.74) is 2.17. The molecule has 1 unspecified atom stereocenters. The van der Waals surface area contributed by atoms with Crippen LogP contribution in [0.5, 0.6) is 5.75 Å².